The van der Waals surface area contributed by atoms with E-state index in [2.05, 4.69) is 6.58 Å². The Morgan fingerprint density at radius 2 is 2.33 bits per heavy atom. The molecule has 0 aliphatic carbocycles. The van der Waals surface area contributed by atoms with Crippen LogP contribution in [-0.4, -0.2) is 22.6 Å². The second-order valence-electron chi connectivity index (χ2n) is 1.55. The minimum Gasteiger partial charge on any atom is -0.478 e. The summed E-state index contributed by atoms with van der Waals surface area (Å²) in [5.41, 5.74) is 0.279. The molecule has 9 heavy (non-hydrogen) atoms. The molecule has 0 amide bonds. The van der Waals surface area contributed by atoms with Gasteiger partial charge in [-0.25, -0.2) is 4.79 Å². The maximum absolute atomic E-state index is 10.1. The molecule has 0 spiro atoms. The fraction of sp³-hybridized carbons (Fsp3) is 0.500. The van der Waals surface area contributed by atoms with E-state index in [4.69, 9.17) is 5.11 Å². The summed E-state index contributed by atoms with van der Waals surface area (Å²) in [5.74, 6) is 0.578. The second-order valence-corrected chi connectivity index (χ2v) is 2.82. The number of carbonyl (C=O) groups is 1. The number of aliphatic carboxylic acids is 1. The summed E-state index contributed by atoms with van der Waals surface area (Å²) in [5, 5.41) is 8.30. The quantitative estimate of drug-likeness (QED) is 0.609. The smallest absolute Gasteiger partial charge is 0.331 e. The van der Waals surface area contributed by atoms with Crippen LogP contribution >= 0.6 is 11.8 Å². The summed E-state index contributed by atoms with van der Waals surface area (Å²) in [6.45, 7) is 5.36. The van der Waals surface area contributed by atoms with E-state index in [1.54, 1.807) is 11.8 Å². The third-order valence-electron chi connectivity index (χ3n) is 0.783. The summed E-state index contributed by atoms with van der Waals surface area (Å²) >= 11 is 1.56. The van der Waals surface area contributed by atoms with Gasteiger partial charge in [-0.2, -0.15) is 11.8 Å². The maximum Gasteiger partial charge on any atom is 0.331 e. The number of thioether (sulfide) groups is 1. The third-order valence-corrected chi connectivity index (χ3v) is 1.74. The highest BCUT2D eigenvalue weighted by Gasteiger charge is 2.00. The Morgan fingerprint density at radius 1 is 1.78 bits per heavy atom. The molecule has 0 atom stereocenters. The minimum atomic E-state index is -0.893. The van der Waals surface area contributed by atoms with E-state index in [0.717, 1.165) is 5.75 Å². The fourth-order valence-electron chi connectivity index (χ4n) is 0.287. The fourth-order valence-corrected chi connectivity index (χ4v) is 0.861. The van der Waals surface area contributed by atoms with Gasteiger partial charge in [0.2, 0.25) is 0 Å². The molecule has 3 heteroatoms. The molecule has 0 saturated carbocycles. The second kappa shape index (κ2) is 4.44. The molecule has 0 rings (SSSR count). The third kappa shape index (κ3) is 4.09. The molecule has 1 N–H and O–H groups in total. The predicted molar refractivity (Wildman–Crippen MR) is 39.8 cm³/mol. The Bertz CT molecular complexity index is 120. The van der Waals surface area contributed by atoms with Gasteiger partial charge in [-0.05, 0) is 5.75 Å². The first kappa shape index (κ1) is 8.56. The van der Waals surface area contributed by atoms with Crippen LogP contribution in [0.2, 0.25) is 0 Å². The lowest BCUT2D eigenvalue weighted by Crippen LogP contribution is -2.00. The van der Waals surface area contributed by atoms with Crippen molar-refractivity contribution in [1.29, 1.82) is 0 Å². The molecule has 0 unspecified atom stereocenters. The molecule has 0 aliphatic heterocycles. The molecule has 0 aromatic heterocycles. The summed E-state index contributed by atoms with van der Waals surface area (Å²) < 4.78 is 0. The number of hydrogen-bond acceptors (Lipinski definition) is 2. The molecule has 0 bridgehead atoms. The van der Waals surface area contributed by atoms with Crippen molar-refractivity contribution in [1.82, 2.24) is 0 Å². The van der Waals surface area contributed by atoms with E-state index in [9.17, 15) is 4.79 Å². The molecule has 0 fully saturated rings. The number of hydrogen-bond donors (Lipinski definition) is 1. The van der Waals surface area contributed by atoms with Crippen molar-refractivity contribution in [2.75, 3.05) is 11.5 Å². The van der Waals surface area contributed by atoms with Crippen LogP contribution in [0.5, 0.6) is 0 Å². The first-order valence-electron chi connectivity index (χ1n) is 2.67. The number of rotatable bonds is 4. The van der Waals surface area contributed by atoms with Gasteiger partial charge in [0.05, 0.1) is 0 Å². The van der Waals surface area contributed by atoms with Gasteiger partial charge in [0.15, 0.2) is 0 Å². The van der Waals surface area contributed by atoms with Gasteiger partial charge in [-0.1, -0.05) is 13.5 Å². The zero-order valence-corrected chi connectivity index (χ0v) is 6.20. The van der Waals surface area contributed by atoms with Gasteiger partial charge >= 0.3 is 5.97 Å². The van der Waals surface area contributed by atoms with Gasteiger partial charge in [-0.15, -0.1) is 0 Å². The lowest BCUT2D eigenvalue weighted by atomic mass is 10.4. The summed E-state index contributed by atoms with van der Waals surface area (Å²) in [6.07, 6.45) is 0. The van der Waals surface area contributed by atoms with Gasteiger partial charge in [0, 0.05) is 11.3 Å². The average molecular weight is 146 g/mol. The van der Waals surface area contributed by atoms with Crippen LogP contribution in [0.15, 0.2) is 12.2 Å². The van der Waals surface area contributed by atoms with Crippen LogP contribution < -0.4 is 0 Å². The highest BCUT2D eigenvalue weighted by atomic mass is 32.2. The van der Waals surface area contributed by atoms with Crippen molar-refractivity contribution in [3.8, 4) is 0 Å². The van der Waals surface area contributed by atoms with Gasteiger partial charge in [0.1, 0.15) is 0 Å². The lowest BCUT2D eigenvalue weighted by Gasteiger charge is -1.95. The maximum atomic E-state index is 10.1. The molecule has 2 nitrogen and oxygen atoms in total. The average Bonchev–Trinajstić information content (AvgIpc) is 1.82. The Labute approximate surface area is 59.0 Å². The van der Waals surface area contributed by atoms with Crippen LogP contribution in [0.25, 0.3) is 0 Å². The Hall–Kier alpha value is -0.440. The van der Waals surface area contributed by atoms with E-state index in [1.165, 1.54) is 0 Å². The van der Waals surface area contributed by atoms with Crippen LogP contribution in [0.4, 0.5) is 0 Å². The molecule has 52 valence electrons. The standard InChI is InChI=1S/C6H10O2S/c1-3-9-4-5(2)6(7)8/h2-4H2,1H3,(H,7,8). The topological polar surface area (TPSA) is 37.3 Å². The highest BCUT2D eigenvalue weighted by Crippen LogP contribution is 2.04. The number of carboxylic acid groups (broad SMARTS) is 1. The van der Waals surface area contributed by atoms with E-state index in [1.807, 2.05) is 6.92 Å². The summed E-state index contributed by atoms with van der Waals surface area (Å²) in [7, 11) is 0. The van der Waals surface area contributed by atoms with Crippen molar-refractivity contribution in [3.05, 3.63) is 12.2 Å². The SMILES string of the molecule is C=C(CSCC)C(=O)O. The van der Waals surface area contributed by atoms with Crippen LogP contribution in [0, 0.1) is 0 Å². The summed E-state index contributed by atoms with van der Waals surface area (Å²) in [4.78, 5) is 10.1. The number of carboxylic acids is 1. The zero-order valence-electron chi connectivity index (χ0n) is 5.39. The first-order chi connectivity index (χ1) is 4.18. The van der Waals surface area contributed by atoms with Crippen molar-refractivity contribution < 1.29 is 9.90 Å². The lowest BCUT2D eigenvalue weighted by molar-refractivity contribution is -0.132. The minimum absolute atomic E-state index is 0.279. The van der Waals surface area contributed by atoms with E-state index >= 15 is 0 Å². The predicted octanol–water partition coefficient (Wildman–Crippen LogP) is 1.38. The van der Waals surface area contributed by atoms with Crippen LogP contribution in [0.1, 0.15) is 6.92 Å². The monoisotopic (exact) mass is 146 g/mol. The van der Waals surface area contributed by atoms with Crippen molar-refractivity contribution in [2.45, 2.75) is 6.92 Å². The van der Waals surface area contributed by atoms with Gasteiger partial charge < -0.3 is 5.11 Å². The molecular weight excluding hydrogens is 136 g/mol. The van der Waals surface area contributed by atoms with Crippen molar-refractivity contribution >= 4 is 17.7 Å². The molecule has 0 aliphatic rings. The molecule has 0 aromatic carbocycles. The molecular formula is C6H10O2S. The Kier molecular flexibility index (Phi) is 4.22. The zero-order chi connectivity index (χ0) is 7.28. The van der Waals surface area contributed by atoms with Gasteiger partial charge in [-0.3, -0.25) is 0 Å². The van der Waals surface area contributed by atoms with Gasteiger partial charge in [0.25, 0.3) is 0 Å². The molecule has 0 heterocycles. The van der Waals surface area contributed by atoms with Crippen LogP contribution in [0.3, 0.4) is 0 Å². The van der Waals surface area contributed by atoms with Crippen molar-refractivity contribution in [3.63, 3.8) is 0 Å². The Morgan fingerprint density at radius 3 is 2.67 bits per heavy atom. The largest absolute Gasteiger partial charge is 0.478 e. The summed E-state index contributed by atoms with van der Waals surface area (Å²) in [6, 6.07) is 0. The Balaban J connectivity index is 3.39. The normalized spacial score (nSPS) is 9.00. The molecule has 0 aromatic rings. The van der Waals surface area contributed by atoms with Crippen molar-refractivity contribution in [2.24, 2.45) is 0 Å². The van der Waals surface area contributed by atoms with E-state index < -0.39 is 5.97 Å². The van der Waals surface area contributed by atoms with E-state index in [0.29, 0.717) is 5.75 Å². The first-order valence-corrected chi connectivity index (χ1v) is 3.82. The van der Waals surface area contributed by atoms with E-state index in [-0.39, 0.29) is 5.57 Å². The molecule has 0 radical (unpaired) electrons. The van der Waals surface area contributed by atoms with Crippen LogP contribution in [-0.2, 0) is 4.79 Å². The highest BCUT2D eigenvalue weighted by molar-refractivity contribution is 7.99. The molecule has 0 saturated heterocycles.